The van der Waals surface area contributed by atoms with Crippen LogP contribution in [0.4, 0.5) is 0 Å². The molecular weight excluding hydrogens is 302 g/mol. The Hall–Kier alpha value is -1.57. The van der Waals surface area contributed by atoms with E-state index in [0.29, 0.717) is 5.92 Å². The van der Waals surface area contributed by atoms with Crippen LogP contribution in [0.15, 0.2) is 48.0 Å². The number of piperidine rings is 1. The van der Waals surface area contributed by atoms with E-state index in [9.17, 15) is 0 Å². The Morgan fingerprint density at radius 3 is 2.39 bits per heavy atom. The molecule has 0 bridgehead atoms. The van der Waals surface area contributed by atoms with Crippen LogP contribution in [0.25, 0.3) is 5.57 Å². The van der Waals surface area contributed by atoms with Crippen molar-refractivity contribution in [1.82, 2.24) is 4.90 Å². The first-order chi connectivity index (χ1) is 10.6. The van der Waals surface area contributed by atoms with Gasteiger partial charge in [0.25, 0.3) is 0 Å². The molecule has 0 aromatic heterocycles. The third-order valence-electron chi connectivity index (χ3n) is 5.19. The van der Waals surface area contributed by atoms with Crippen molar-refractivity contribution >= 4 is 18.0 Å². The summed E-state index contributed by atoms with van der Waals surface area (Å²) in [6.45, 7) is 6.69. The molecule has 1 aliphatic carbocycles. The van der Waals surface area contributed by atoms with Gasteiger partial charge in [-0.15, -0.1) is 12.4 Å². The number of hydrogen-bond acceptors (Lipinski definition) is 1. The molecule has 0 amide bonds. The predicted molar refractivity (Wildman–Crippen MR) is 100 cm³/mol. The van der Waals surface area contributed by atoms with E-state index in [4.69, 9.17) is 0 Å². The molecule has 1 atom stereocenters. The second-order valence-electron chi connectivity index (χ2n) is 6.92. The lowest BCUT2D eigenvalue weighted by Crippen LogP contribution is -2.31. The summed E-state index contributed by atoms with van der Waals surface area (Å²) >= 11 is 0. The molecule has 0 N–H and O–H groups in total. The second-order valence-corrected chi connectivity index (χ2v) is 6.92. The fraction of sp³-hybridized carbons (Fsp3) is 0.333. The minimum atomic E-state index is 0. The number of fused-ring (bicyclic) bond motifs is 3. The number of nitrogens with zero attached hydrogens (tertiary/aromatic N) is 1. The average molecular weight is 326 g/mol. The van der Waals surface area contributed by atoms with Crippen LogP contribution in [0.5, 0.6) is 0 Å². The smallest absolute Gasteiger partial charge is 0.0192 e. The maximum Gasteiger partial charge on any atom is 0.0192 e. The summed E-state index contributed by atoms with van der Waals surface area (Å²) in [6.07, 6.45) is 1.19. The molecule has 1 unspecified atom stereocenters. The fourth-order valence-electron chi connectivity index (χ4n) is 4.01. The lowest BCUT2D eigenvalue weighted by Gasteiger charge is -2.30. The highest BCUT2D eigenvalue weighted by atomic mass is 35.5. The molecule has 1 aliphatic heterocycles. The van der Waals surface area contributed by atoms with Crippen molar-refractivity contribution in [2.24, 2.45) is 0 Å². The topological polar surface area (TPSA) is 3.24 Å². The van der Waals surface area contributed by atoms with Gasteiger partial charge in [-0.2, -0.15) is 0 Å². The summed E-state index contributed by atoms with van der Waals surface area (Å²) in [5.74, 6) is 0.589. The molecule has 0 radical (unpaired) electrons. The van der Waals surface area contributed by atoms with Crippen LogP contribution in [0.3, 0.4) is 0 Å². The lowest BCUT2D eigenvalue weighted by atomic mass is 9.89. The van der Waals surface area contributed by atoms with E-state index in [1.165, 1.54) is 46.4 Å². The van der Waals surface area contributed by atoms with E-state index < -0.39 is 0 Å². The van der Waals surface area contributed by atoms with Crippen molar-refractivity contribution in [2.45, 2.75) is 26.2 Å². The van der Waals surface area contributed by atoms with Crippen molar-refractivity contribution in [3.8, 4) is 0 Å². The Morgan fingerprint density at radius 1 is 0.957 bits per heavy atom. The van der Waals surface area contributed by atoms with Crippen LogP contribution in [-0.4, -0.2) is 25.0 Å². The highest BCUT2D eigenvalue weighted by molar-refractivity contribution is 5.89. The molecule has 4 rings (SSSR count). The van der Waals surface area contributed by atoms with E-state index in [1.54, 1.807) is 5.57 Å². The predicted octanol–water partition coefficient (Wildman–Crippen LogP) is 4.96. The first kappa shape index (κ1) is 16.3. The monoisotopic (exact) mass is 325 g/mol. The van der Waals surface area contributed by atoms with Gasteiger partial charge < -0.3 is 4.90 Å². The Morgan fingerprint density at radius 2 is 1.65 bits per heavy atom. The molecule has 23 heavy (non-hydrogen) atoms. The van der Waals surface area contributed by atoms with E-state index in [-0.39, 0.29) is 12.4 Å². The van der Waals surface area contributed by atoms with Gasteiger partial charge >= 0.3 is 0 Å². The molecule has 0 spiro atoms. The number of likely N-dealkylation sites (N-methyl/N-ethyl adjacent to an activating group) is 1. The Labute approximate surface area is 145 Å². The molecule has 2 aliphatic rings. The summed E-state index contributed by atoms with van der Waals surface area (Å²) < 4.78 is 0. The van der Waals surface area contributed by atoms with Gasteiger partial charge in [0.05, 0.1) is 0 Å². The molecular formula is C21H24ClN. The minimum absolute atomic E-state index is 0. The summed E-state index contributed by atoms with van der Waals surface area (Å²) in [4.78, 5) is 2.47. The van der Waals surface area contributed by atoms with Crippen molar-refractivity contribution in [3.63, 3.8) is 0 Å². The highest BCUT2D eigenvalue weighted by Gasteiger charge is 2.34. The highest BCUT2D eigenvalue weighted by Crippen LogP contribution is 2.48. The van der Waals surface area contributed by atoms with Crippen LogP contribution in [-0.2, 0) is 0 Å². The van der Waals surface area contributed by atoms with Crippen molar-refractivity contribution in [3.05, 3.63) is 75.9 Å². The zero-order valence-corrected chi connectivity index (χ0v) is 14.9. The second kappa shape index (κ2) is 6.14. The first-order valence-corrected chi connectivity index (χ1v) is 8.23. The molecule has 1 heterocycles. The van der Waals surface area contributed by atoms with Gasteiger partial charge in [-0.05, 0) is 49.6 Å². The quantitative estimate of drug-likeness (QED) is 0.716. The summed E-state index contributed by atoms with van der Waals surface area (Å²) in [7, 11) is 2.24. The number of aryl methyl sites for hydroxylation is 2. The fourth-order valence-corrected chi connectivity index (χ4v) is 4.01. The van der Waals surface area contributed by atoms with Gasteiger partial charge in [0.2, 0.25) is 0 Å². The van der Waals surface area contributed by atoms with Crippen molar-refractivity contribution in [1.29, 1.82) is 0 Å². The van der Waals surface area contributed by atoms with E-state index in [2.05, 4.69) is 68.3 Å². The number of hydrogen-bond donors (Lipinski definition) is 0. The standard InChI is InChI=1S/C21H23N.ClH/c1-14-4-7-16(8-5-14)21-18-10-11-22(3)13-20(18)17-9-6-15(2)12-19(17)21;/h4-9,12,20H,10-11,13H2,1-3H3;1H. The van der Waals surface area contributed by atoms with Gasteiger partial charge in [0, 0.05) is 19.0 Å². The molecule has 2 aromatic carbocycles. The minimum Gasteiger partial charge on any atom is -0.305 e. The number of halogens is 1. The maximum absolute atomic E-state index is 2.47. The van der Waals surface area contributed by atoms with Crippen LogP contribution in [0.1, 0.15) is 40.2 Å². The van der Waals surface area contributed by atoms with Gasteiger partial charge in [0.1, 0.15) is 0 Å². The number of likely N-dealkylation sites (tertiary alicyclic amines) is 1. The third kappa shape index (κ3) is 2.73. The molecule has 0 saturated carbocycles. The Kier molecular flexibility index (Phi) is 4.35. The molecule has 1 nitrogen and oxygen atoms in total. The molecule has 1 fully saturated rings. The van der Waals surface area contributed by atoms with E-state index >= 15 is 0 Å². The number of rotatable bonds is 1. The van der Waals surface area contributed by atoms with Gasteiger partial charge in [0.15, 0.2) is 0 Å². The van der Waals surface area contributed by atoms with Gasteiger partial charge in [-0.3, -0.25) is 0 Å². The SMILES string of the molecule is Cc1ccc(C2=C3CCN(C)CC3c3ccc(C)cc32)cc1.Cl. The normalized spacial score (nSPS) is 20.0. The van der Waals surface area contributed by atoms with Gasteiger partial charge in [-0.25, -0.2) is 0 Å². The first-order valence-electron chi connectivity index (χ1n) is 8.23. The van der Waals surface area contributed by atoms with Crippen LogP contribution in [0.2, 0.25) is 0 Å². The third-order valence-corrected chi connectivity index (χ3v) is 5.19. The molecule has 1 saturated heterocycles. The van der Waals surface area contributed by atoms with E-state index in [0.717, 1.165) is 6.54 Å². The zero-order chi connectivity index (χ0) is 15.3. The summed E-state index contributed by atoms with van der Waals surface area (Å²) in [5.41, 5.74) is 10.2. The van der Waals surface area contributed by atoms with Crippen LogP contribution < -0.4 is 0 Å². The van der Waals surface area contributed by atoms with Crippen molar-refractivity contribution in [2.75, 3.05) is 20.1 Å². The van der Waals surface area contributed by atoms with Crippen LogP contribution >= 0.6 is 12.4 Å². The Bertz CT molecular complexity index is 758. The average Bonchev–Trinajstić information content (AvgIpc) is 2.81. The van der Waals surface area contributed by atoms with Crippen molar-refractivity contribution < 1.29 is 0 Å². The largest absolute Gasteiger partial charge is 0.305 e. The number of benzene rings is 2. The molecule has 2 aromatic rings. The Balaban J connectivity index is 0.00000156. The summed E-state index contributed by atoms with van der Waals surface area (Å²) in [6, 6.07) is 16.1. The summed E-state index contributed by atoms with van der Waals surface area (Å²) in [5, 5.41) is 0. The molecule has 2 heteroatoms. The molecule has 120 valence electrons. The van der Waals surface area contributed by atoms with E-state index in [1.807, 2.05) is 0 Å². The maximum atomic E-state index is 2.47. The van der Waals surface area contributed by atoms with Gasteiger partial charge in [-0.1, -0.05) is 59.2 Å². The van der Waals surface area contributed by atoms with Crippen LogP contribution in [0, 0.1) is 13.8 Å². The lowest BCUT2D eigenvalue weighted by molar-refractivity contribution is 0.294. The zero-order valence-electron chi connectivity index (χ0n) is 14.1.